The third-order valence-corrected chi connectivity index (χ3v) is 7.59. The van der Waals surface area contributed by atoms with Gasteiger partial charge in [-0.05, 0) is 75.1 Å². The summed E-state index contributed by atoms with van der Waals surface area (Å²) in [5, 5.41) is 3.28. The normalized spacial score (nSPS) is 18.5. The molecule has 0 radical (unpaired) electrons. The van der Waals surface area contributed by atoms with Crippen molar-refractivity contribution in [2.24, 2.45) is 0 Å². The maximum absolute atomic E-state index is 13.6. The number of amides is 2. The van der Waals surface area contributed by atoms with Gasteiger partial charge in [-0.1, -0.05) is 25.1 Å². The van der Waals surface area contributed by atoms with Gasteiger partial charge in [0.05, 0.1) is 24.3 Å². The van der Waals surface area contributed by atoms with Crippen LogP contribution in [0.15, 0.2) is 54.6 Å². The van der Waals surface area contributed by atoms with Crippen LogP contribution in [0.4, 0.5) is 11.4 Å². The molecule has 0 spiro atoms. The van der Waals surface area contributed by atoms with E-state index in [0.29, 0.717) is 35.2 Å². The lowest BCUT2D eigenvalue weighted by atomic mass is 10.1. The number of para-hydroxylation sites is 1. The van der Waals surface area contributed by atoms with Gasteiger partial charge in [0.2, 0.25) is 5.91 Å². The van der Waals surface area contributed by atoms with Crippen LogP contribution in [0.3, 0.4) is 0 Å². The summed E-state index contributed by atoms with van der Waals surface area (Å²) in [4.78, 5) is 46.9. The molecule has 208 valence electrons. The Morgan fingerprint density at radius 3 is 2.26 bits per heavy atom. The minimum absolute atomic E-state index is 0.0306. The summed E-state index contributed by atoms with van der Waals surface area (Å²) in [6.45, 7) is 11.0. The van der Waals surface area contributed by atoms with Crippen molar-refractivity contribution in [1.82, 2.24) is 14.7 Å². The van der Waals surface area contributed by atoms with E-state index in [1.807, 2.05) is 35.2 Å². The zero-order valence-electron chi connectivity index (χ0n) is 22.7. The Morgan fingerprint density at radius 2 is 1.62 bits per heavy atom. The zero-order chi connectivity index (χ0) is 27.8. The number of benzene rings is 2. The van der Waals surface area contributed by atoms with Crippen molar-refractivity contribution in [2.75, 3.05) is 62.6 Å². The van der Waals surface area contributed by atoms with Crippen LogP contribution < -0.4 is 10.2 Å². The Hall–Kier alpha value is -3.34. The first-order chi connectivity index (χ1) is 18.9. The minimum atomic E-state index is -0.687. The molecule has 0 aromatic heterocycles. The molecule has 0 bridgehead atoms. The molecule has 2 saturated heterocycles. The fraction of sp³-hybridized carbons (Fsp3) is 0.448. The highest BCUT2D eigenvalue weighted by Gasteiger charge is 2.43. The van der Waals surface area contributed by atoms with Gasteiger partial charge in [0.25, 0.3) is 5.91 Å². The van der Waals surface area contributed by atoms with E-state index in [9.17, 15) is 14.4 Å². The third kappa shape index (κ3) is 7.20. The lowest BCUT2D eigenvalue weighted by molar-refractivity contribution is -0.124. The average Bonchev–Trinajstić information content (AvgIpc) is 3.18. The Labute approximate surface area is 235 Å². The second-order valence-corrected chi connectivity index (χ2v) is 10.0. The van der Waals surface area contributed by atoms with Crippen LogP contribution in [0.25, 0.3) is 0 Å². The molecular weight excluding hydrogens is 514 g/mol. The SMILES string of the molecule is CCOC(=O)c1ccc(NC(=O)CC2C(=O)N(c3ccccc3)C(=S)N2CCCN2CCN(CC)CC2)cc1. The standard InChI is InChI=1S/C29H37N5O4S/c1-3-31-17-19-32(20-18-31)15-8-16-33-25(27(36)34(29(33)39)24-9-6-5-7-10-24)21-26(35)30-23-13-11-22(12-14-23)28(37)38-4-2/h5-7,9-14,25H,3-4,8,15-21H2,1-2H3,(H,30,35). The highest BCUT2D eigenvalue weighted by Crippen LogP contribution is 2.27. The second-order valence-electron chi connectivity index (χ2n) is 9.68. The minimum Gasteiger partial charge on any atom is -0.462 e. The van der Waals surface area contributed by atoms with Crippen molar-refractivity contribution in [3.63, 3.8) is 0 Å². The lowest BCUT2D eigenvalue weighted by Crippen LogP contribution is -2.47. The number of likely N-dealkylation sites (N-methyl/N-ethyl adjacent to an activating group) is 1. The van der Waals surface area contributed by atoms with Crippen molar-refractivity contribution in [2.45, 2.75) is 32.7 Å². The molecule has 0 aliphatic carbocycles. The van der Waals surface area contributed by atoms with Crippen LogP contribution in [0.2, 0.25) is 0 Å². The van der Waals surface area contributed by atoms with Gasteiger partial charge in [0.15, 0.2) is 5.11 Å². The molecule has 2 aromatic carbocycles. The maximum atomic E-state index is 13.6. The summed E-state index contributed by atoms with van der Waals surface area (Å²) in [6.07, 6.45) is 0.812. The third-order valence-electron chi connectivity index (χ3n) is 7.18. The number of nitrogens with one attached hydrogen (secondary N) is 1. The highest BCUT2D eigenvalue weighted by atomic mass is 32.1. The molecule has 2 amide bonds. The Balaban J connectivity index is 1.41. The van der Waals surface area contributed by atoms with Crippen LogP contribution in [0.1, 0.15) is 37.0 Å². The second kappa shape index (κ2) is 13.6. The van der Waals surface area contributed by atoms with E-state index in [0.717, 1.165) is 45.7 Å². The lowest BCUT2D eigenvalue weighted by Gasteiger charge is -2.34. The van der Waals surface area contributed by atoms with Gasteiger partial charge in [-0.25, -0.2) is 4.79 Å². The van der Waals surface area contributed by atoms with Gasteiger partial charge >= 0.3 is 5.97 Å². The van der Waals surface area contributed by atoms with Crippen molar-refractivity contribution >= 4 is 46.5 Å². The zero-order valence-corrected chi connectivity index (χ0v) is 23.5. The molecule has 2 aromatic rings. The van der Waals surface area contributed by atoms with E-state index in [4.69, 9.17) is 17.0 Å². The Kier molecular flexibility index (Phi) is 10.0. The Morgan fingerprint density at radius 1 is 0.949 bits per heavy atom. The summed E-state index contributed by atoms with van der Waals surface area (Å²) in [5.74, 6) is -0.907. The molecule has 2 aliphatic heterocycles. The summed E-state index contributed by atoms with van der Waals surface area (Å²) >= 11 is 5.78. The van der Waals surface area contributed by atoms with E-state index < -0.39 is 12.0 Å². The van der Waals surface area contributed by atoms with E-state index in [2.05, 4.69) is 22.0 Å². The molecule has 2 fully saturated rings. The van der Waals surface area contributed by atoms with Crippen molar-refractivity contribution in [1.29, 1.82) is 0 Å². The number of hydrogen-bond acceptors (Lipinski definition) is 7. The monoisotopic (exact) mass is 551 g/mol. The van der Waals surface area contributed by atoms with Crippen LogP contribution in [-0.2, 0) is 14.3 Å². The van der Waals surface area contributed by atoms with E-state index in [1.165, 1.54) is 0 Å². The smallest absolute Gasteiger partial charge is 0.338 e. The number of piperazine rings is 1. The van der Waals surface area contributed by atoms with Crippen molar-refractivity contribution < 1.29 is 19.1 Å². The first-order valence-electron chi connectivity index (χ1n) is 13.6. The number of nitrogens with zero attached hydrogens (tertiary/aromatic N) is 4. The summed E-state index contributed by atoms with van der Waals surface area (Å²) in [5.41, 5.74) is 1.65. The maximum Gasteiger partial charge on any atom is 0.338 e. The topological polar surface area (TPSA) is 85.4 Å². The summed E-state index contributed by atoms with van der Waals surface area (Å²) in [7, 11) is 0. The van der Waals surface area contributed by atoms with E-state index in [1.54, 1.807) is 36.1 Å². The fourth-order valence-electron chi connectivity index (χ4n) is 4.99. The van der Waals surface area contributed by atoms with Crippen LogP contribution in [0, 0.1) is 0 Å². The fourth-order valence-corrected chi connectivity index (χ4v) is 5.40. The van der Waals surface area contributed by atoms with Gasteiger partial charge < -0.3 is 24.8 Å². The molecule has 39 heavy (non-hydrogen) atoms. The summed E-state index contributed by atoms with van der Waals surface area (Å²) in [6, 6.07) is 15.1. The predicted molar refractivity (Wildman–Crippen MR) is 156 cm³/mol. The molecule has 2 heterocycles. The van der Waals surface area contributed by atoms with Crippen LogP contribution >= 0.6 is 12.2 Å². The Bertz CT molecular complexity index is 1150. The number of anilines is 2. The number of ether oxygens (including phenoxy) is 1. The van der Waals surface area contributed by atoms with E-state index in [-0.39, 0.29) is 18.2 Å². The quantitative estimate of drug-likeness (QED) is 0.337. The molecule has 4 rings (SSSR count). The number of esters is 1. The number of carbonyl (C=O) groups excluding carboxylic acids is 3. The van der Waals surface area contributed by atoms with Crippen molar-refractivity contribution in [3.05, 3.63) is 60.2 Å². The van der Waals surface area contributed by atoms with E-state index >= 15 is 0 Å². The van der Waals surface area contributed by atoms with Crippen molar-refractivity contribution in [3.8, 4) is 0 Å². The number of thiocarbonyl (C=S) groups is 1. The average molecular weight is 552 g/mol. The molecule has 1 unspecified atom stereocenters. The molecule has 1 N–H and O–H groups in total. The first kappa shape index (κ1) is 28.7. The van der Waals surface area contributed by atoms with Gasteiger partial charge in [-0.15, -0.1) is 0 Å². The number of carbonyl (C=O) groups is 3. The summed E-state index contributed by atoms with van der Waals surface area (Å²) < 4.78 is 5.01. The largest absolute Gasteiger partial charge is 0.462 e. The molecule has 2 aliphatic rings. The van der Waals surface area contributed by atoms with Gasteiger partial charge in [-0.3, -0.25) is 14.5 Å². The molecular formula is C29H37N5O4S. The van der Waals surface area contributed by atoms with Gasteiger partial charge in [0, 0.05) is 38.4 Å². The number of rotatable bonds is 11. The number of hydrogen-bond donors (Lipinski definition) is 1. The van der Waals surface area contributed by atoms with Crippen LogP contribution in [0.5, 0.6) is 0 Å². The molecule has 0 saturated carbocycles. The highest BCUT2D eigenvalue weighted by molar-refractivity contribution is 7.80. The predicted octanol–water partition coefficient (Wildman–Crippen LogP) is 3.22. The molecule has 10 heteroatoms. The van der Waals surface area contributed by atoms with Gasteiger partial charge in [0.1, 0.15) is 6.04 Å². The van der Waals surface area contributed by atoms with Crippen LogP contribution in [-0.4, -0.2) is 96.1 Å². The van der Waals surface area contributed by atoms with Gasteiger partial charge in [-0.2, -0.15) is 0 Å². The molecule has 1 atom stereocenters. The molecule has 9 nitrogen and oxygen atoms in total. The first-order valence-corrected chi connectivity index (χ1v) is 14.0.